The minimum absolute atomic E-state index is 0.0144. The number of carbonyl (C=O) groups is 4. The summed E-state index contributed by atoms with van der Waals surface area (Å²) >= 11 is 0. The normalized spacial score (nSPS) is 24.3. The van der Waals surface area contributed by atoms with E-state index in [4.69, 9.17) is 9.47 Å². The van der Waals surface area contributed by atoms with Crippen molar-refractivity contribution < 1.29 is 28.7 Å². The molecule has 1 aliphatic heterocycles. The molecule has 1 aliphatic carbocycles. The van der Waals surface area contributed by atoms with Crippen molar-refractivity contribution in [3.05, 3.63) is 0 Å². The minimum atomic E-state index is -0.859. The lowest BCUT2D eigenvalue weighted by Gasteiger charge is -2.37. The van der Waals surface area contributed by atoms with E-state index in [2.05, 4.69) is 29.8 Å². The third kappa shape index (κ3) is 6.58. The topological polar surface area (TPSA) is 126 Å². The number of urea groups is 1. The molecule has 2 aliphatic rings. The van der Waals surface area contributed by atoms with Crippen LogP contribution >= 0.6 is 0 Å². The minimum Gasteiger partial charge on any atom is -0.467 e. The molecule has 2 rings (SSSR count). The summed E-state index contributed by atoms with van der Waals surface area (Å²) in [4.78, 5) is 52.7. The smallest absolute Gasteiger partial charge is 0.407 e. The SMILES string of the molecule is COC(=O)[C@@H]1[C@@H]2[C@H](CN1C(=O)[C@@H](NC(=O)NC(CNC(=O)OC(C)C)C(C)C)C(C)(C)C)C2(C)C. The van der Waals surface area contributed by atoms with Gasteiger partial charge in [0.15, 0.2) is 0 Å². The molecule has 5 atom stereocenters. The molecular weight excluding hydrogens is 452 g/mol. The van der Waals surface area contributed by atoms with E-state index >= 15 is 0 Å². The number of piperidine rings is 1. The summed E-state index contributed by atoms with van der Waals surface area (Å²) < 4.78 is 10.1. The summed E-state index contributed by atoms with van der Waals surface area (Å²) in [6.07, 6.45) is -0.807. The van der Waals surface area contributed by atoms with Crippen LogP contribution in [0.3, 0.4) is 0 Å². The van der Waals surface area contributed by atoms with Crippen LogP contribution in [0.4, 0.5) is 9.59 Å². The lowest BCUT2D eigenvalue weighted by molar-refractivity contribution is -0.154. The zero-order valence-corrected chi connectivity index (χ0v) is 22.9. The highest BCUT2D eigenvalue weighted by atomic mass is 16.6. The molecule has 0 aromatic heterocycles. The summed E-state index contributed by atoms with van der Waals surface area (Å²) in [6.45, 7) is 17.8. The number of carbonyl (C=O) groups excluding carboxylic acids is 4. The first-order chi connectivity index (χ1) is 16.0. The van der Waals surface area contributed by atoms with E-state index in [0.29, 0.717) is 6.54 Å². The average Bonchev–Trinajstić information content (AvgIpc) is 3.07. The van der Waals surface area contributed by atoms with E-state index in [-0.39, 0.29) is 47.8 Å². The molecule has 2 fully saturated rings. The van der Waals surface area contributed by atoms with Gasteiger partial charge in [0.2, 0.25) is 5.91 Å². The predicted molar refractivity (Wildman–Crippen MR) is 131 cm³/mol. The molecule has 1 saturated carbocycles. The van der Waals surface area contributed by atoms with Crippen LogP contribution in [0.1, 0.15) is 62.3 Å². The number of nitrogens with one attached hydrogen (secondary N) is 3. The molecule has 3 N–H and O–H groups in total. The largest absolute Gasteiger partial charge is 0.467 e. The third-order valence-electron chi connectivity index (χ3n) is 7.25. The van der Waals surface area contributed by atoms with E-state index in [0.717, 1.165) is 0 Å². The standard InChI is InChI=1S/C25H44N4O6/c1-13(2)16(11-26-23(33)35-14(3)4)27-22(32)28-19(24(5,6)7)20(30)29-12-15-17(25(15,8)9)18(29)21(31)34-10/h13-19H,11-12H2,1-10H3,(H,26,33)(H2,27,28,32)/t15-,16?,17-,18-,19+/m0/s1. The molecule has 1 heterocycles. The molecular formula is C25H44N4O6. The number of likely N-dealkylation sites (tertiary alicyclic amines) is 1. The van der Waals surface area contributed by atoms with Crippen molar-refractivity contribution in [3.63, 3.8) is 0 Å². The van der Waals surface area contributed by atoms with Crippen molar-refractivity contribution in [2.75, 3.05) is 20.2 Å². The second-order valence-electron chi connectivity index (χ2n) is 12.0. The number of rotatable bonds is 8. The molecule has 1 saturated heterocycles. The number of hydrogen-bond acceptors (Lipinski definition) is 6. The molecule has 4 amide bonds. The van der Waals surface area contributed by atoms with Gasteiger partial charge in [-0.05, 0) is 36.5 Å². The van der Waals surface area contributed by atoms with Crippen molar-refractivity contribution >= 4 is 24.0 Å². The van der Waals surface area contributed by atoms with Crippen LogP contribution in [0, 0.1) is 28.6 Å². The fourth-order valence-corrected chi connectivity index (χ4v) is 4.96. The van der Waals surface area contributed by atoms with Gasteiger partial charge in [-0.3, -0.25) is 4.79 Å². The fraction of sp³-hybridized carbons (Fsp3) is 0.840. The summed E-state index contributed by atoms with van der Waals surface area (Å²) in [5.74, 6) is -0.429. The van der Waals surface area contributed by atoms with E-state index in [1.54, 1.807) is 18.7 Å². The number of ether oxygens (including phenoxy) is 2. The zero-order valence-electron chi connectivity index (χ0n) is 22.9. The van der Waals surface area contributed by atoms with Gasteiger partial charge in [0.1, 0.15) is 12.1 Å². The third-order valence-corrected chi connectivity index (χ3v) is 7.25. The lowest BCUT2D eigenvalue weighted by atomic mass is 9.85. The van der Waals surface area contributed by atoms with Crippen LogP contribution in [0.5, 0.6) is 0 Å². The average molecular weight is 497 g/mol. The summed E-state index contributed by atoms with van der Waals surface area (Å²) in [6, 6.07) is -2.41. The molecule has 1 unspecified atom stereocenters. The number of hydrogen-bond donors (Lipinski definition) is 3. The van der Waals surface area contributed by atoms with Crippen LogP contribution in [0.2, 0.25) is 0 Å². The van der Waals surface area contributed by atoms with Crippen LogP contribution in [-0.2, 0) is 19.1 Å². The van der Waals surface area contributed by atoms with Gasteiger partial charge in [-0.25, -0.2) is 14.4 Å². The zero-order chi connectivity index (χ0) is 26.9. The van der Waals surface area contributed by atoms with Gasteiger partial charge in [-0.2, -0.15) is 0 Å². The number of amides is 4. The molecule has 10 nitrogen and oxygen atoms in total. The van der Waals surface area contributed by atoms with Crippen molar-refractivity contribution in [1.82, 2.24) is 20.9 Å². The Morgan fingerprint density at radius 1 is 1.06 bits per heavy atom. The Morgan fingerprint density at radius 2 is 1.66 bits per heavy atom. The predicted octanol–water partition coefficient (Wildman–Crippen LogP) is 2.52. The lowest BCUT2D eigenvalue weighted by Crippen LogP contribution is -2.61. The van der Waals surface area contributed by atoms with Crippen molar-refractivity contribution in [1.29, 1.82) is 0 Å². The number of nitrogens with zero attached hydrogens (tertiary/aromatic N) is 1. The maximum absolute atomic E-state index is 13.7. The van der Waals surface area contributed by atoms with Crippen LogP contribution in [0.15, 0.2) is 0 Å². The first-order valence-corrected chi connectivity index (χ1v) is 12.4. The van der Waals surface area contributed by atoms with Gasteiger partial charge < -0.3 is 30.3 Å². The summed E-state index contributed by atoms with van der Waals surface area (Å²) in [7, 11) is 1.33. The highest BCUT2D eigenvalue weighted by Gasteiger charge is 2.70. The van der Waals surface area contributed by atoms with Gasteiger partial charge >= 0.3 is 18.1 Å². The number of alkyl carbamates (subject to hydrolysis) is 1. The Hall–Kier alpha value is -2.52. The van der Waals surface area contributed by atoms with Gasteiger partial charge in [0, 0.05) is 19.0 Å². The Bertz CT molecular complexity index is 819. The first kappa shape index (κ1) is 28.7. The van der Waals surface area contributed by atoms with E-state index in [1.165, 1.54) is 7.11 Å². The Kier molecular flexibility index (Phi) is 8.71. The van der Waals surface area contributed by atoms with E-state index < -0.39 is 35.6 Å². The maximum atomic E-state index is 13.7. The van der Waals surface area contributed by atoms with Crippen LogP contribution < -0.4 is 16.0 Å². The number of esters is 1. The number of fused-ring (bicyclic) bond motifs is 1. The molecule has 0 bridgehead atoms. The van der Waals surface area contributed by atoms with Crippen molar-refractivity contribution in [2.45, 2.75) is 86.5 Å². The van der Waals surface area contributed by atoms with Crippen LogP contribution in [0.25, 0.3) is 0 Å². The molecule has 35 heavy (non-hydrogen) atoms. The second kappa shape index (κ2) is 10.6. The van der Waals surface area contributed by atoms with Crippen molar-refractivity contribution in [3.8, 4) is 0 Å². The monoisotopic (exact) mass is 496 g/mol. The molecule has 200 valence electrons. The van der Waals surface area contributed by atoms with Gasteiger partial charge in [0.05, 0.1) is 19.3 Å². The maximum Gasteiger partial charge on any atom is 0.407 e. The highest BCUT2D eigenvalue weighted by Crippen LogP contribution is 2.65. The first-order valence-electron chi connectivity index (χ1n) is 12.4. The van der Waals surface area contributed by atoms with E-state index in [1.807, 2.05) is 34.6 Å². The number of methoxy groups -OCH3 is 1. The fourth-order valence-electron chi connectivity index (χ4n) is 4.96. The van der Waals surface area contributed by atoms with E-state index in [9.17, 15) is 19.2 Å². The quantitative estimate of drug-likeness (QED) is 0.443. The van der Waals surface area contributed by atoms with Gasteiger partial charge in [0.25, 0.3) is 0 Å². The van der Waals surface area contributed by atoms with Gasteiger partial charge in [-0.1, -0.05) is 48.5 Å². The van der Waals surface area contributed by atoms with Crippen molar-refractivity contribution in [2.24, 2.45) is 28.6 Å². The molecule has 0 aromatic rings. The Balaban J connectivity index is 2.11. The molecule has 0 radical (unpaired) electrons. The summed E-state index contributed by atoms with van der Waals surface area (Å²) in [5, 5.41) is 8.36. The van der Waals surface area contributed by atoms with Gasteiger partial charge in [-0.15, -0.1) is 0 Å². The summed E-state index contributed by atoms with van der Waals surface area (Å²) in [5.41, 5.74) is -0.629. The molecule has 10 heteroatoms. The van der Waals surface area contributed by atoms with Crippen LogP contribution in [-0.4, -0.2) is 73.3 Å². The Morgan fingerprint density at radius 3 is 2.14 bits per heavy atom. The second-order valence-corrected chi connectivity index (χ2v) is 12.0. The highest BCUT2D eigenvalue weighted by molar-refractivity contribution is 5.92. The molecule has 0 aromatic carbocycles. The molecule has 0 spiro atoms. The Labute approximate surface area is 209 Å².